The first-order valence-corrected chi connectivity index (χ1v) is 10.8. The molecule has 2 atom stereocenters. The highest BCUT2D eigenvalue weighted by atomic mass is 16.5. The van der Waals surface area contributed by atoms with Gasteiger partial charge in [0.25, 0.3) is 5.91 Å². The molecular formula is C24H32N2O4. The molecule has 1 aliphatic heterocycles. The number of amides is 2. The van der Waals surface area contributed by atoms with Crippen molar-refractivity contribution in [1.82, 2.24) is 9.80 Å². The summed E-state index contributed by atoms with van der Waals surface area (Å²) in [5.74, 6) is 0.511. The van der Waals surface area contributed by atoms with Crippen molar-refractivity contribution in [3.8, 4) is 0 Å². The molecule has 6 heteroatoms. The highest BCUT2D eigenvalue weighted by Gasteiger charge is 2.28. The Hall–Kier alpha value is -2.60. The van der Waals surface area contributed by atoms with Gasteiger partial charge >= 0.3 is 0 Å². The molecule has 1 aliphatic rings. The van der Waals surface area contributed by atoms with E-state index in [0.717, 1.165) is 37.2 Å². The van der Waals surface area contributed by atoms with Gasteiger partial charge in [0, 0.05) is 24.8 Å². The number of benzene rings is 1. The van der Waals surface area contributed by atoms with E-state index < -0.39 is 0 Å². The third-order valence-corrected chi connectivity index (χ3v) is 5.72. The topological polar surface area (TPSA) is 63.0 Å². The Balaban J connectivity index is 1.76. The van der Waals surface area contributed by atoms with Crippen molar-refractivity contribution < 1.29 is 18.7 Å². The van der Waals surface area contributed by atoms with Crippen LogP contribution >= 0.6 is 0 Å². The standard InChI is InChI=1S/C24H32N2O4/c1-4-19(3)26(24(28)20-11-9-18(2)10-12-20)17-23(27)25(15-21-7-5-13-29-21)16-22-8-6-14-30-22/h5,7,9-13,19,22H,4,6,8,14-17H2,1-3H3/t19-,22-/m1/s1. The van der Waals surface area contributed by atoms with Gasteiger partial charge in [-0.15, -0.1) is 0 Å². The van der Waals surface area contributed by atoms with Gasteiger partial charge in [0.2, 0.25) is 5.91 Å². The van der Waals surface area contributed by atoms with Gasteiger partial charge in [0.1, 0.15) is 12.3 Å². The monoisotopic (exact) mass is 412 g/mol. The Labute approximate surface area is 178 Å². The van der Waals surface area contributed by atoms with Crippen molar-refractivity contribution in [3.63, 3.8) is 0 Å². The lowest BCUT2D eigenvalue weighted by Gasteiger charge is -2.32. The predicted octanol–water partition coefficient (Wildman–Crippen LogP) is 4.04. The molecule has 0 aliphatic carbocycles. The zero-order chi connectivity index (χ0) is 21.5. The van der Waals surface area contributed by atoms with E-state index in [2.05, 4.69) is 0 Å². The molecule has 162 valence electrons. The summed E-state index contributed by atoms with van der Waals surface area (Å²) >= 11 is 0. The number of ether oxygens (including phenoxy) is 1. The van der Waals surface area contributed by atoms with Crippen LogP contribution in [0, 0.1) is 6.92 Å². The molecule has 1 aromatic carbocycles. The summed E-state index contributed by atoms with van der Waals surface area (Å²) in [6, 6.07) is 11.1. The van der Waals surface area contributed by atoms with Gasteiger partial charge in [-0.1, -0.05) is 24.6 Å². The Morgan fingerprint density at radius 3 is 2.57 bits per heavy atom. The van der Waals surface area contributed by atoms with Crippen molar-refractivity contribution in [1.29, 1.82) is 0 Å². The van der Waals surface area contributed by atoms with Gasteiger partial charge in [0.05, 0.1) is 18.9 Å². The zero-order valence-corrected chi connectivity index (χ0v) is 18.2. The third-order valence-electron chi connectivity index (χ3n) is 5.72. The lowest BCUT2D eigenvalue weighted by Crippen LogP contribution is -2.47. The fourth-order valence-corrected chi connectivity index (χ4v) is 3.64. The fraction of sp³-hybridized carbons (Fsp3) is 0.500. The van der Waals surface area contributed by atoms with Crippen molar-refractivity contribution in [3.05, 3.63) is 59.5 Å². The van der Waals surface area contributed by atoms with Crippen molar-refractivity contribution in [2.24, 2.45) is 0 Å². The average Bonchev–Trinajstić information content (AvgIpc) is 3.45. The minimum absolute atomic E-state index is 0.0359. The maximum absolute atomic E-state index is 13.3. The molecule has 0 N–H and O–H groups in total. The minimum Gasteiger partial charge on any atom is -0.467 e. The lowest BCUT2D eigenvalue weighted by molar-refractivity contribution is -0.134. The number of aryl methyl sites for hydroxylation is 1. The van der Waals surface area contributed by atoms with Crippen LogP contribution in [-0.2, 0) is 16.1 Å². The SMILES string of the molecule is CC[C@@H](C)N(CC(=O)N(Cc1ccco1)C[C@H]1CCCO1)C(=O)c1ccc(C)cc1. The first kappa shape index (κ1) is 22.1. The fourth-order valence-electron chi connectivity index (χ4n) is 3.64. The highest BCUT2D eigenvalue weighted by Crippen LogP contribution is 2.17. The molecule has 0 unspecified atom stereocenters. The molecule has 1 saturated heterocycles. The highest BCUT2D eigenvalue weighted by molar-refractivity contribution is 5.96. The van der Waals surface area contributed by atoms with Crippen LogP contribution in [-0.4, -0.2) is 53.5 Å². The number of hydrogen-bond donors (Lipinski definition) is 0. The molecule has 2 heterocycles. The number of rotatable bonds is 9. The summed E-state index contributed by atoms with van der Waals surface area (Å²) in [5, 5.41) is 0. The van der Waals surface area contributed by atoms with Crippen LogP contribution in [0.2, 0.25) is 0 Å². The van der Waals surface area contributed by atoms with Crippen LogP contribution in [0.1, 0.15) is 54.8 Å². The van der Waals surface area contributed by atoms with E-state index in [0.29, 0.717) is 18.7 Å². The van der Waals surface area contributed by atoms with Crippen LogP contribution < -0.4 is 0 Å². The molecule has 2 amide bonds. The van der Waals surface area contributed by atoms with E-state index in [9.17, 15) is 9.59 Å². The van der Waals surface area contributed by atoms with Gasteiger partial charge in [-0.25, -0.2) is 0 Å². The second-order valence-electron chi connectivity index (χ2n) is 8.05. The lowest BCUT2D eigenvalue weighted by atomic mass is 10.1. The number of nitrogens with zero attached hydrogens (tertiary/aromatic N) is 2. The second kappa shape index (κ2) is 10.4. The summed E-state index contributed by atoms with van der Waals surface area (Å²) in [5.41, 5.74) is 1.70. The van der Waals surface area contributed by atoms with Crippen LogP contribution in [0.4, 0.5) is 0 Å². The Bertz CT molecular complexity index is 810. The third kappa shape index (κ3) is 5.72. The average molecular weight is 413 g/mol. The number of carbonyl (C=O) groups is 2. The summed E-state index contributed by atoms with van der Waals surface area (Å²) < 4.78 is 11.2. The molecule has 0 saturated carbocycles. The van der Waals surface area contributed by atoms with Gasteiger partial charge in [0.15, 0.2) is 0 Å². The van der Waals surface area contributed by atoms with Crippen molar-refractivity contribution in [2.45, 2.75) is 58.7 Å². The van der Waals surface area contributed by atoms with Crippen LogP contribution in [0.3, 0.4) is 0 Å². The van der Waals surface area contributed by atoms with Gasteiger partial charge in [-0.05, 0) is 57.4 Å². The maximum atomic E-state index is 13.3. The maximum Gasteiger partial charge on any atom is 0.254 e. The molecule has 0 spiro atoms. The Morgan fingerprint density at radius 1 is 1.20 bits per heavy atom. The molecule has 0 radical (unpaired) electrons. The molecule has 6 nitrogen and oxygen atoms in total. The van der Waals surface area contributed by atoms with Crippen molar-refractivity contribution in [2.75, 3.05) is 19.7 Å². The minimum atomic E-state index is -0.118. The molecule has 0 bridgehead atoms. The van der Waals surface area contributed by atoms with E-state index in [1.165, 1.54) is 0 Å². The Morgan fingerprint density at radius 2 is 1.97 bits per heavy atom. The van der Waals surface area contributed by atoms with Crippen LogP contribution in [0.15, 0.2) is 47.1 Å². The summed E-state index contributed by atoms with van der Waals surface area (Å²) in [6.45, 7) is 7.65. The normalized spacial score (nSPS) is 17.0. The molecule has 3 rings (SSSR count). The molecule has 2 aromatic rings. The summed E-state index contributed by atoms with van der Waals surface area (Å²) in [6.07, 6.45) is 4.37. The quantitative estimate of drug-likeness (QED) is 0.624. The molecular weight excluding hydrogens is 380 g/mol. The van der Waals surface area contributed by atoms with Crippen LogP contribution in [0.25, 0.3) is 0 Å². The molecule has 30 heavy (non-hydrogen) atoms. The molecule has 1 aromatic heterocycles. The van der Waals surface area contributed by atoms with Gasteiger partial charge < -0.3 is 19.0 Å². The van der Waals surface area contributed by atoms with E-state index in [4.69, 9.17) is 9.15 Å². The largest absolute Gasteiger partial charge is 0.467 e. The number of furan rings is 1. The van der Waals surface area contributed by atoms with Gasteiger partial charge in [-0.3, -0.25) is 9.59 Å². The first-order valence-electron chi connectivity index (χ1n) is 10.8. The van der Waals surface area contributed by atoms with E-state index in [1.54, 1.807) is 16.1 Å². The summed E-state index contributed by atoms with van der Waals surface area (Å²) in [7, 11) is 0. The second-order valence-corrected chi connectivity index (χ2v) is 8.05. The van der Waals surface area contributed by atoms with Crippen molar-refractivity contribution >= 4 is 11.8 Å². The smallest absolute Gasteiger partial charge is 0.254 e. The van der Waals surface area contributed by atoms with E-state index in [-0.39, 0.29) is 30.5 Å². The molecule has 1 fully saturated rings. The first-order chi connectivity index (χ1) is 14.5. The summed E-state index contributed by atoms with van der Waals surface area (Å²) in [4.78, 5) is 29.9. The number of hydrogen-bond acceptors (Lipinski definition) is 4. The van der Waals surface area contributed by atoms with Gasteiger partial charge in [-0.2, -0.15) is 0 Å². The zero-order valence-electron chi connectivity index (χ0n) is 18.2. The van der Waals surface area contributed by atoms with E-state index >= 15 is 0 Å². The predicted molar refractivity (Wildman–Crippen MR) is 115 cm³/mol. The van der Waals surface area contributed by atoms with E-state index in [1.807, 2.05) is 57.2 Å². The Kier molecular flexibility index (Phi) is 7.69. The van der Waals surface area contributed by atoms with Crippen LogP contribution in [0.5, 0.6) is 0 Å². The number of carbonyl (C=O) groups excluding carboxylic acids is 2.